The van der Waals surface area contributed by atoms with E-state index in [0.29, 0.717) is 5.92 Å². The molecule has 6 atom stereocenters. The lowest BCUT2D eigenvalue weighted by molar-refractivity contribution is -0.0391. The summed E-state index contributed by atoms with van der Waals surface area (Å²) in [6, 6.07) is 0. The third-order valence-electron chi connectivity index (χ3n) is 3.81. The quantitative estimate of drug-likeness (QED) is 0.550. The minimum atomic E-state index is -0.472. The molecule has 0 aromatic carbocycles. The Morgan fingerprint density at radius 2 is 2.06 bits per heavy atom. The molecule has 1 aliphatic heterocycles. The van der Waals surface area contributed by atoms with Gasteiger partial charge < -0.3 is 14.6 Å². The molecule has 3 nitrogen and oxygen atoms in total. The van der Waals surface area contributed by atoms with Crippen LogP contribution >= 0.6 is 0 Å². The van der Waals surface area contributed by atoms with Crippen LogP contribution in [-0.2, 0) is 9.47 Å². The van der Waals surface area contributed by atoms with Gasteiger partial charge in [-0.3, -0.25) is 0 Å². The van der Waals surface area contributed by atoms with Crippen molar-refractivity contribution >= 4 is 0 Å². The Morgan fingerprint density at radius 1 is 1.47 bits per heavy atom. The van der Waals surface area contributed by atoms with E-state index in [4.69, 9.17) is 9.47 Å². The number of hydrogen-bond donors (Lipinski definition) is 1. The number of methoxy groups -OCH3 is 1. The zero-order valence-electron chi connectivity index (χ0n) is 11.6. The first-order chi connectivity index (χ1) is 7.85. The molecule has 17 heavy (non-hydrogen) atoms. The molecule has 2 unspecified atom stereocenters. The first kappa shape index (κ1) is 14.7. The van der Waals surface area contributed by atoms with E-state index in [1.807, 2.05) is 6.08 Å². The molecule has 0 radical (unpaired) electrons. The highest BCUT2D eigenvalue weighted by molar-refractivity contribution is 5.05. The Morgan fingerprint density at radius 3 is 2.47 bits per heavy atom. The predicted octanol–water partition coefficient (Wildman–Crippen LogP) is 2.39. The van der Waals surface area contributed by atoms with Crippen molar-refractivity contribution < 1.29 is 14.6 Å². The maximum absolute atomic E-state index is 9.66. The van der Waals surface area contributed by atoms with Gasteiger partial charge in [-0.15, -0.1) is 6.58 Å². The molecule has 0 aromatic heterocycles. The molecule has 100 valence electrons. The fraction of sp³-hybridized carbons (Fsp3) is 0.857. The van der Waals surface area contributed by atoms with Gasteiger partial charge in [0.2, 0.25) is 0 Å². The van der Waals surface area contributed by atoms with Gasteiger partial charge in [-0.1, -0.05) is 19.9 Å². The summed E-state index contributed by atoms with van der Waals surface area (Å²) < 4.78 is 11.2. The Hall–Kier alpha value is -0.380. The van der Waals surface area contributed by atoms with Crippen molar-refractivity contribution in [3.63, 3.8) is 0 Å². The first-order valence-electron chi connectivity index (χ1n) is 6.37. The highest BCUT2D eigenvalue weighted by Gasteiger charge is 2.56. The van der Waals surface area contributed by atoms with Crippen LogP contribution in [0.5, 0.6) is 0 Å². The molecule has 1 N–H and O–H groups in total. The van der Waals surface area contributed by atoms with Gasteiger partial charge in [0, 0.05) is 13.0 Å². The van der Waals surface area contributed by atoms with E-state index in [1.165, 1.54) is 0 Å². The average molecular weight is 242 g/mol. The monoisotopic (exact) mass is 242 g/mol. The number of aliphatic hydroxyl groups excluding tert-OH is 1. The predicted molar refractivity (Wildman–Crippen MR) is 68.9 cm³/mol. The van der Waals surface area contributed by atoms with Gasteiger partial charge in [0.15, 0.2) is 0 Å². The second-order valence-corrected chi connectivity index (χ2v) is 5.57. The van der Waals surface area contributed by atoms with E-state index in [1.54, 1.807) is 14.0 Å². The third-order valence-corrected chi connectivity index (χ3v) is 3.81. The average Bonchev–Trinajstić information content (AvgIpc) is 2.90. The van der Waals surface area contributed by atoms with Crippen LogP contribution in [0.3, 0.4) is 0 Å². The van der Waals surface area contributed by atoms with Crippen molar-refractivity contribution in [2.45, 2.75) is 58.0 Å². The number of rotatable bonds is 7. The van der Waals surface area contributed by atoms with Crippen LogP contribution < -0.4 is 0 Å². The van der Waals surface area contributed by atoms with Gasteiger partial charge in [0.1, 0.15) is 0 Å². The molecule has 0 spiro atoms. The minimum absolute atomic E-state index is 0.0846. The molecule has 0 bridgehead atoms. The number of aliphatic hydroxyl groups is 1. The van der Waals surface area contributed by atoms with Gasteiger partial charge in [0.05, 0.1) is 23.9 Å². The van der Waals surface area contributed by atoms with Crippen LogP contribution in [0.4, 0.5) is 0 Å². The number of ether oxygens (including phenoxy) is 2. The molecule has 0 aromatic rings. The summed E-state index contributed by atoms with van der Waals surface area (Å²) in [4.78, 5) is 0. The van der Waals surface area contributed by atoms with E-state index < -0.39 is 6.10 Å². The van der Waals surface area contributed by atoms with E-state index >= 15 is 0 Å². The Bertz CT molecular complexity index is 264. The lowest BCUT2D eigenvalue weighted by Gasteiger charge is -2.25. The van der Waals surface area contributed by atoms with E-state index in [0.717, 1.165) is 6.42 Å². The Labute approximate surface area is 105 Å². The Balaban J connectivity index is 2.56. The number of epoxide rings is 1. The minimum Gasteiger partial charge on any atom is -0.391 e. The molecule has 0 amide bonds. The standard InChI is InChI=1S/C14H26O3/c1-7-9(2)8-14(5)13(17-14)10(3)12(16-6)11(4)15/h7,9-13,15H,1,8H2,2-6H3/t9-,10-,11?,12-,13-,14?/m1/s1. The lowest BCUT2D eigenvalue weighted by Crippen LogP contribution is -2.36. The summed E-state index contributed by atoms with van der Waals surface area (Å²) >= 11 is 0. The smallest absolute Gasteiger partial charge is 0.0929 e. The van der Waals surface area contributed by atoms with E-state index in [2.05, 4.69) is 27.4 Å². The second kappa shape index (κ2) is 5.51. The highest BCUT2D eigenvalue weighted by Crippen LogP contribution is 2.47. The summed E-state index contributed by atoms with van der Waals surface area (Å²) in [6.45, 7) is 11.9. The fourth-order valence-electron chi connectivity index (χ4n) is 2.83. The van der Waals surface area contributed by atoms with Gasteiger partial charge in [0.25, 0.3) is 0 Å². The zero-order chi connectivity index (χ0) is 13.2. The maximum atomic E-state index is 9.66. The second-order valence-electron chi connectivity index (χ2n) is 5.57. The molecule has 1 saturated heterocycles. The summed E-state index contributed by atoms with van der Waals surface area (Å²) in [5.41, 5.74) is -0.0846. The number of hydrogen-bond acceptors (Lipinski definition) is 3. The maximum Gasteiger partial charge on any atom is 0.0929 e. The molecule has 1 rings (SSSR count). The molecule has 1 fully saturated rings. The summed E-state index contributed by atoms with van der Waals surface area (Å²) in [6.07, 6.45) is 2.46. The van der Waals surface area contributed by atoms with Gasteiger partial charge in [-0.25, -0.2) is 0 Å². The molecular formula is C14H26O3. The van der Waals surface area contributed by atoms with Crippen LogP contribution in [0.15, 0.2) is 12.7 Å². The fourth-order valence-corrected chi connectivity index (χ4v) is 2.83. The summed E-state index contributed by atoms with van der Waals surface area (Å²) in [5.74, 6) is 0.645. The lowest BCUT2D eigenvalue weighted by atomic mass is 9.86. The molecule has 0 saturated carbocycles. The highest BCUT2D eigenvalue weighted by atomic mass is 16.6. The van der Waals surface area contributed by atoms with Gasteiger partial charge in [-0.2, -0.15) is 0 Å². The van der Waals surface area contributed by atoms with Crippen molar-refractivity contribution in [1.29, 1.82) is 0 Å². The van der Waals surface area contributed by atoms with Crippen molar-refractivity contribution in [2.75, 3.05) is 7.11 Å². The zero-order valence-corrected chi connectivity index (χ0v) is 11.6. The van der Waals surface area contributed by atoms with Crippen LogP contribution in [0.25, 0.3) is 0 Å². The van der Waals surface area contributed by atoms with Crippen LogP contribution in [-0.4, -0.2) is 36.1 Å². The molecule has 3 heteroatoms. The molecule has 1 heterocycles. The first-order valence-corrected chi connectivity index (χ1v) is 6.37. The van der Waals surface area contributed by atoms with Crippen molar-refractivity contribution in [2.24, 2.45) is 11.8 Å². The summed E-state index contributed by atoms with van der Waals surface area (Å²) in [5, 5.41) is 9.66. The largest absolute Gasteiger partial charge is 0.391 e. The van der Waals surface area contributed by atoms with Crippen molar-refractivity contribution in [3.8, 4) is 0 Å². The van der Waals surface area contributed by atoms with Gasteiger partial charge >= 0.3 is 0 Å². The molecule has 0 aliphatic carbocycles. The van der Waals surface area contributed by atoms with E-state index in [-0.39, 0.29) is 23.7 Å². The van der Waals surface area contributed by atoms with Crippen LogP contribution in [0, 0.1) is 11.8 Å². The normalized spacial score (nSPS) is 34.8. The molecular weight excluding hydrogens is 216 g/mol. The van der Waals surface area contributed by atoms with E-state index in [9.17, 15) is 5.11 Å². The Kier molecular flexibility index (Phi) is 4.76. The SMILES string of the molecule is C=C[C@@H](C)CC1(C)O[C@@H]1[C@H](C)[C@@H](OC)C(C)O. The van der Waals surface area contributed by atoms with Crippen molar-refractivity contribution in [1.82, 2.24) is 0 Å². The van der Waals surface area contributed by atoms with Crippen LogP contribution in [0.1, 0.15) is 34.1 Å². The van der Waals surface area contributed by atoms with Gasteiger partial charge in [-0.05, 0) is 26.2 Å². The summed E-state index contributed by atoms with van der Waals surface area (Å²) in [7, 11) is 1.64. The van der Waals surface area contributed by atoms with Crippen molar-refractivity contribution in [3.05, 3.63) is 12.7 Å². The number of allylic oxidation sites excluding steroid dienone is 1. The van der Waals surface area contributed by atoms with Crippen LogP contribution in [0.2, 0.25) is 0 Å². The topological polar surface area (TPSA) is 42.0 Å². The third kappa shape index (κ3) is 3.30. The molecule has 1 aliphatic rings.